The number of rotatable bonds is 3. The van der Waals surface area contributed by atoms with Crippen LogP contribution in [-0.2, 0) is 0 Å². The van der Waals surface area contributed by atoms with Crippen molar-refractivity contribution in [3.05, 3.63) is 48.3 Å². The smallest absolute Gasteiger partial charge is 0.387 e. The van der Waals surface area contributed by atoms with Crippen molar-refractivity contribution in [3.8, 4) is 16.9 Å². The van der Waals surface area contributed by atoms with E-state index in [0.717, 1.165) is 0 Å². The van der Waals surface area contributed by atoms with Gasteiger partial charge in [0.2, 0.25) is 0 Å². The van der Waals surface area contributed by atoms with Crippen LogP contribution in [0, 0.1) is 5.82 Å². The van der Waals surface area contributed by atoms with E-state index in [1.807, 2.05) is 0 Å². The number of halogens is 3. The molecule has 0 heterocycles. The number of hydrogen-bond donors (Lipinski definition) is 1. The molecule has 5 heteroatoms. The van der Waals surface area contributed by atoms with Crippen molar-refractivity contribution in [2.75, 3.05) is 5.73 Å². The molecule has 2 nitrogen and oxygen atoms in total. The van der Waals surface area contributed by atoms with Crippen molar-refractivity contribution in [1.29, 1.82) is 0 Å². The van der Waals surface area contributed by atoms with Gasteiger partial charge < -0.3 is 10.5 Å². The topological polar surface area (TPSA) is 35.2 Å². The maximum absolute atomic E-state index is 13.1. The Morgan fingerprint density at radius 3 is 2.39 bits per heavy atom. The molecule has 2 aromatic carbocycles. The zero-order valence-corrected chi connectivity index (χ0v) is 9.24. The molecule has 0 atom stereocenters. The molecular formula is C13H10F3NO. The van der Waals surface area contributed by atoms with Gasteiger partial charge in [-0.15, -0.1) is 0 Å². The maximum Gasteiger partial charge on any atom is 0.387 e. The molecule has 0 aromatic heterocycles. The van der Waals surface area contributed by atoms with Gasteiger partial charge in [-0.1, -0.05) is 18.2 Å². The average molecular weight is 253 g/mol. The van der Waals surface area contributed by atoms with E-state index >= 15 is 0 Å². The molecule has 0 aliphatic heterocycles. The number of nitrogens with two attached hydrogens (primary N) is 1. The summed E-state index contributed by atoms with van der Waals surface area (Å²) in [5.74, 6) is -0.521. The van der Waals surface area contributed by atoms with Gasteiger partial charge in [-0.25, -0.2) is 4.39 Å². The molecular weight excluding hydrogens is 243 g/mol. The highest BCUT2D eigenvalue weighted by Crippen LogP contribution is 2.30. The lowest BCUT2D eigenvalue weighted by Gasteiger charge is -2.10. The predicted molar refractivity (Wildman–Crippen MR) is 62.9 cm³/mol. The van der Waals surface area contributed by atoms with Crippen molar-refractivity contribution >= 4 is 5.69 Å². The van der Waals surface area contributed by atoms with Crippen LogP contribution in [0.4, 0.5) is 18.9 Å². The minimum absolute atomic E-state index is 0.107. The molecule has 0 saturated heterocycles. The van der Waals surface area contributed by atoms with E-state index in [2.05, 4.69) is 4.74 Å². The quantitative estimate of drug-likeness (QED) is 0.847. The Hall–Kier alpha value is -2.17. The van der Waals surface area contributed by atoms with Crippen LogP contribution in [0.5, 0.6) is 5.75 Å². The number of ether oxygens (including phenoxy) is 1. The summed E-state index contributed by atoms with van der Waals surface area (Å²) in [5, 5.41) is 0. The van der Waals surface area contributed by atoms with Crippen LogP contribution in [0.25, 0.3) is 11.1 Å². The van der Waals surface area contributed by atoms with E-state index in [-0.39, 0.29) is 11.4 Å². The molecule has 18 heavy (non-hydrogen) atoms. The van der Waals surface area contributed by atoms with Crippen molar-refractivity contribution in [3.63, 3.8) is 0 Å². The predicted octanol–water partition coefficient (Wildman–Crippen LogP) is 3.68. The van der Waals surface area contributed by atoms with Crippen molar-refractivity contribution in [1.82, 2.24) is 0 Å². The molecule has 2 N–H and O–H groups in total. The first-order chi connectivity index (χ1) is 8.56. The van der Waals surface area contributed by atoms with Crippen LogP contribution in [0.3, 0.4) is 0 Å². The number of benzene rings is 2. The molecule has 0 spiro atoms. The van der Waals surface area contributed by atoms with E-state index in [1.54, 1.807) is 12.1 Å². The Morgan fingerprint density at radius 1 is 1.00 bits per heavy atom. The lowest BCUT2D eigenvalue weighted by atomic mass is 10.0. The first kappa shape index (κ1) is 12.3. The molecule has 0 aliphatic carbocycles. The van der Waals surface area contributed by atoms with Crippen LogP contribution >= 0.6 is 0 Å². The minimum atomic E-state index is -2.95. The normalized spacial score (nSPS) is 10.7. The van der Waals surface area contributed by atoms with E-state index in [4.69, 9.17) is 5.73 Å². The molecule has 0 fully saturated rings. The SMILES string of the molecule is Nc1ccc(-c2cccc(F)c2)cc1OC(F)F. The van der Waals surface area contributed by atoms with Crippen LogP contribution in [0.2, 0.25) is 0 Å². The fraction of sp³-hybridized carbons (Fsp3) is 0.0769. The second-order valence-electron chi connectivity index (χ2n) is 3.64. The van der Waals surface area contributed by atoms with E-state index in [1.165, 1.54) is 30.3 Å². The third-order valence-electron chi connectivity index (χ3n) is 2.39. The second-order valence-corrected chi connectivity index (χ2v) is 3.64. The van der Waals surface area contributed by atoms with E-state index < -0.39 is 12.4 Å². The monoisotopic (exact) mass is 253 g/mol. The Morgan fingerprint density at radius 2 is 1.72 bits per heavy atom. The Kier molecular flexibility index (Phi) is 3.41. The van der Waals surface area contributed by atoms with Gasteiger partial charge in [-0.3, -0.25) is 0 Å². The highest BCUT2D eigenvalue weighted by atomic mass is 19.3. The van der Waals surface area contributed by atoms with E-state index in [0.29, 0.717) is 11.1 Å². The van der Waals surface area contributed by atoms with Crippen LogP contribution < -0.4 is 10.5 Å². The highest BCUT2D eigenvalue weighted by molar-refractivity contribution is 5.69. The summed E-state index contributed by atoms with van der Waals surface area (Å²) in [5.41, 5.74) is 6.74. The Labute approximate surface area is 102 Å². The van der Waals surface area contributed by atoms with Crippen LogP contribution in [0.1, 0.15) is 0 Å². The molecule has 2 rings (SSSR count). The van der Waals surface area contributed by atoms with Crippen molar-refractivity contribution in [2.45, 2.75) is 6.61 Å². The largest absolute Gasteiger partial charge is 0.433 e. The second kappa shape index (κ2) is 5.00. The molecule has 94 valence electrons. The fourth-order valence-corrected chi connectivity index (χ4v) is 1.58. The molecule has 0 amide bonds. The van der Waals surface area contributed by atoms with Crippen LogP contribution in [0.15, 0.2) is 42.5 Å². The lowest BCUT2D eigenvalue weighted by molar-refractivity contribution is -0.0492. The lowest BCUT2D eigenvalue weighted by Crippen LogP contribution is -2.04. The molecule has 2 aromatic rings. The van der Waals surface area contributed by atoms with Gasteiger partial charge in [0.05, 0.1) is 5.69 Å². The zero-order valence-electron chi connectivity index (χ0n) is 9.24. The molecule has 0 radical (unpaired) electrons. The summed E-state index contributed by atoms with van der Waals surface area (Å²) in [6.07, 6.45) is 0. The summed E-state index contributed by atoms with van der Waals surface area (Å²) in [6, 6.07) is 10.2. The third kappa shape index (κ3) is 2.74. The first-order valence-corrected chi connectivity index (χ1v) is 5.16. The van der Waals surface area contributed by atoms with Gasteiger partial charge in [0.15, 0.2) is 0 Å². The summed E-state index contributed by atoms with van der Waals surface area (Å²) in [4.78, 5) is 0. The van der Waals surface area contributed by atoms with Gasteiger partial charge in [0.25, 0.3) is 0 Å². The van der Waals surface area contributed by atoms with Gasteiger partial charge >= 0.3 is 6.61 Å². The summed E-state index contributed by atoms with van der Waals surface area (Å²) in [7, 11) is 0. The van der Waals surface area contributed by atoms with Gasteiger partial charge in [0.1, 0.15) is 11.6 Å². The summed E-state index contributed by atoms with van der Waals surface area (Å²) < 4.78 is 41.7. The summed E-state index contributed by atoms with van der Waals surface area (Å²) >= 11 is 0. The van der Waals surface area contributed by atoms with Crippen molar-refractivity contribution < 1.29 is 17.9 Å². The van der Waals surface area contributed by atoms with Crippen LogP contribution in [-0.4, -0.2) is 6.61 Å². The fourth-order valence-electron chi connectivity index (χ4n) is 1.58. The third-order valence-corrected chi connectivity index (χ3v) is 2.39. The molecule has 0 unspecified atom stereocenters. The number of hydrogen-bond acceptors (Lipinski definition) is 2. The number of anilines is 1. The van der Waals surface area contributed by atoms with Crippen molar-refractivity contribution in [2.24, 2.45) is 0 Å². The average Bonchev–Trinajstić information content (AvgIpc) is 2.31. The Bertz CT molecular complexity index is 558. The van der Waals surface area contributed by atoms with Gasteiger partial charge in [-0.05, 0) is 35.4 Å². The molecule has 0 aliphatic rings. The summed E-state index contributed by atoms with van der Waals surface area (Å²) in [6.45, 7) is -2.95. The Balaban J connectivity index is 2.40. The molecule has 0 bridgehead atoms. The van der Waals surface area contributed by atoms with E-state index in [9.17, 15) is 13.2 Å². The minimum Gasteiger partial charge on any atom is -0.433 e. The van der Waals surface area contributed by atoms with Gasteiger partial charge in [-0.2, -0.15) is 8.78 Å². The standard InChI is InChI=1S/C13H10F3NO/c14-10-3-1-2-8(6-10)9-4-5-11(17)12(7-9)18-13(15)16/h1-7,13H,17H2. The zero-order chi connectivity index (χ0) is 13.1. The van der Waals surface area contributed by atoms with Gasteiger partial charge in [0, 0.05) is 0 Å². The molecule has 0 saturated carbocycles. The number of nitrogen functional groups attached to an aromatic ring is 1. The highest BCUT2D eigenvalue weighted by Gasteiger charge is 2.09. The maximum atomic E-state index is 13.1. The first-order valence-electron chi connectivity index (χ1n) is 5.16. The number of alkyl halides is 2.